The number of hydrogen-bond acceptors (Lipinski definition) is 1. The SMILES string of the molecule is Cl.Cl.Clc1ccc2c(c1)[cH-]c1cc(Cl)ccc12.Oc1ccc2ccccc2c1.[CH2-]C.[CH2-]C.[Si]=[Ti]. The second-order valence-electron chi connectivity index (χ2n) is 6.14. The van der Waals surface area contributed by atoms with Crippen LogP contribution < -0.4 is 0 Å². The van der Waals surface area contributed by atoms with Gasteiger partial charge in [-0.3, -0.25) is 0 Å². The third-order valence-electron chi connectivity index (χ3n) is 4.36. The maximum atomic E-state index is 9.13. The summed E-state index contributed by atoms with van der Waals surface area (Å²) >= 11 is 13.7. The molecule has 0 amide bonds. The van der Waals surface area contributed by atoms with E-state index >= 15 is 0 Å². The summed E-state index contributed by atoms with van der Waals surface area (Å²) in [6, 6.07) is 27.3. The molecule has 7 heteroatoms. The minimum atomic E-state index is 0. The summed E-state index contributed by atoms with van der Waals surface area (Å²) in [5.41, 5.74) is 0. The number of benzene rings is 4. The first-order valence-electron chi connectivity index (χ1n) is 9.88. The van der Waals surface area contributed by atoms with Gasteiger partial charge in [-0.25, -0.2) is 0 Å². The van der Waals surface area contributed by atoms with Crippen LogP contribution in [0.4, 0.5) is 0 Å². The van der Waals surface area contributed by atoms with Crippen LogP contribution in [0.5, 0.6) is 5.75 Å². The summed E-state index contributed by atoms with van der Waals surface area (Å²) in [5.74, 6) is 0.323. The molecule has 2 radical (unpaired) electrons. The van der Waals surface area contributed by atoms with E-state index in [-0.39, 0.29) is 24.8 Å². The van der Waals surface area contributed by atoms with Gasteiger partial charge in [-0.1, -0.05) is 77.8 Å². The van der Waals surface area contributed by atoms with Gasteiger partial charge in [0.15, 0.2) is 0 Å². The Morgan fingerprint density at radius 2 is 1.12 bits per heavy atom. The number of phenols is 1. The van der Waals surface area contributed by atoms with Crippen molar-refractivity contribution in [2.75, 3.05) is 0 Å². The Balaban J connectivity index is 0. The van der Waals surface area contributed by atoms with Crippen molar-refractivity contribution in [1.29, 1.82) is 0 Å². The molecule has 0 aliphatic heterocycles. The van der Waals surface area contributed by atoms with E-state index in [2.05, 4.69) is 27.5 Å². The Hall–Kier alpha value is -1.10. The molecule has 5 aromatic rings. The maximum absolute atomic E-state index is 9.13. The van der Waals surface area contributed by atoms with Crippen LogP contribution in [-0.2, 0) is 19.2 Å². The van der Waals surface area contributed by atoms with Crippen molar-refractivity contribution >= 4 is 88.0 Å². The molecule has 34 heavy (non-hydrogen) atoms. The van der Waals surface area contributed by atoms with E-state index in [1.165, 1.54) is 21.5 Å². The van der Waals surface area contributed by atoms with Gasteiger partial charge in [0.1, 0.15) is 5.75 Å². The quantitative estimate of drug-likeness (QED) is 0.142. The number of aromatic hydroxyl groups is 1. The van der Waals surface area contributed by atoms with Gasteiger partial charge in [-0.15, -0.1) is 64.6 Å². The average molecular weight is 585 g/mol. The first-order valence-corrected chi connectivity index (χ1v) is 13.5. The van der Waals surface area contributed by atoms with Crippen LogP contribution in [0, 0.1) is 13.8 Å². The van der Waals surface area contributed by atoms with E-state index < -0.39 is 0 Å². The molecule has 0 aromatic heterocycles. The first-order chi connectivity index (χ1) is 15.6. The molecule has 0 saturated heterocycles. The number of rotatable bonds is 0. The standard InChI is InChI=1S/C13H7Cl2.C10H8O.2C2H5.2ClH.Si.Ti/c14-10-1-3-12-8(6-10)5-9-7-11(15)2-4-13(9)12;11-10-6-5-8-3-1-2-4-9(8)7-10;2*1-2;;;;/h1-7H;1-7,11H;2*1H2,2H3;2*1H;;/q-1;;2*-1;;;;. The van der Waals surface area contributed by atoms with Crippen molar-refractivity contribution in [1.82, 2.24) is 0 Å². The molecule has 0 saturated carbocycles. The second kappa shape index (κ2) is 19.1. The topological polar surface area (TPSA) is 20.2 Å². The fourth-order valence-corrected chi connectivity index (χ4v) is 3.50. The van der Waals surface area contributed by atoms with Crippen LogP contribution in [0.15, 0.2) is 84.9 Å². The molecule has 180 valence electrons. The molecule has 0 fully saturated rings. The Bertz CT molecular complexity index is 1200. The predicted molar refractivity (Wildman–Crippen MR) is 155 cm³/mol. The fourth-order valence-electron chi connectivity index (χ4n) is 3.14. The molecular formula is C27H27Cl4OSiTi-3. The Morgan fingerprint density at radius 1 is 0.676 bits per heavy atom. The van der Waals surface area contributed by atoms with Gasteiger partial charge < -0.3 is 19.0 Å². The van der Waals surface area contributed by atoms with Crippen LogP contribution in [0.3, 0.4) is 0 Å². The zero-order valence-corrected chi connectivity index (χ0v) is 24.7. The second-order valence-corrected chi connectivity index (χ2v) is 7.01. The van der Waals surface area contributed by atoms with Crippen molar-refractivity contribution in [3.63, 3.8) is 0 Å². The zero-order valence-electron chi connectivity index (χ0n) is 19.0. The van der Waals surface area contributed by atoms with Crippen molar-refractivity contribution in [3.8, 4) is 5.75 Å². The van der Waals surface area contributed by atoms with Crippen LogP contribution in [-0.4, -0.2) is 12.7 Å². The Morgan fingerprint density at radius 3 is 1.59 bits per heavy atom. The van der Waals surface area contributed by atoms with Gasteiger partial charge in [-0.05, 0) is 22.9 Å². The average Bonchev–Trinajstić information content (AvgIpc) is 3.19. The first kappa shape index (κ1) is 35.1. The zero-order chi connectivity index (χ0) is 24.1. The molecule has 0 aliphatic carbocycles. The van der Waals surface area contributed by atoms with Crippen molar-refractivity contribution in [3.05, 3.63) is 109 Å². The summed E-state index contributed by atoms with van der Waals surface area (Å²) < 4.78 is 0. The van der Waals surface area contributed by atoms with E-state index in [9.17, 15) is 0 Å². The molecular weight excluding hydrogens is 558 g/mol. The molecule has 0 unspecified atom stereocenters. The Labute approximate surface area is 239 Å². The van der Waals surface area contributed by atoms with Gasteiger partial charge >= 0.3 is 26.8 Å². The van der Waals surface area contributed by atoms with E-state index in [1.807, 2.05) is 66.7 Å². The molecule has 5 rings (SSSR count). The number of halogens is 4. The molecule has 1 nitrogen and oxygen atoms in total. The number of fused-ring (bicyclic) bond motifs is 4. The monoisotopic (exact) mass is 583 g/mol. The molecule has 0 spiro atoms. The van der Waals surface area contributed by atoms with E-state index in [0.717, 1.165) is 20.8 Å². The normalized spacial score (nSPS) is 8.74. The van der Waals surface area contributed by atoms with Crippen LogP contribution in [0.1, 0.15) is 13.8 Å². The molecule has 0 bridgehead atoms. The fraction of sp³-hybridized carbons (Fsp3) is 0.0741. The van der Waals surface area contributed by atoms with E-state index in [1.54, 1.807) is 45.2 Å². The van der Waals surface area contributed by atoms with Crippen molar-refractivity contribution in [2.24, 2.45) is 0 Å². The molecule has 1 N–H and O–H groups in total. The summed E-state index contributed by atoms with van der Waals surface area (Å²) in [7, 11) is 2.97. The van der Waals surface area contributed by atoms with Crippen LogP contribution in [0.2, 0.25) is 10.0 Å². The van der Waals surface area contributed by atoms with Gasteiger partial charge in [0.25, 0.3) is 0 Å². The summed E-state index contributed by atoms with van der Waals surface area (Å²) in [6.07, 6.45) is 0. The van der Waals surface area contributed by atoms with Gasteiger partial charge in [0.05, 0.1) is 0 Å². The van der Waals surface area contributed by atoms with Crippen molar-refractivity contribution < 1.29 is 24.3 Å². The third-order valence-corrected chi connectivity index (χ3v) is 4.83. The van der Waals surface area contributed by atoms with Gasteiger partial charge in [0, 0.05) is 10.0 Å². The Kier molecular flexibility index (Phi) is 19.7. The van der Waals surface area contributed by atoms with Crippen LogP contribution in [0.25, 0.3) is 32.3 Å². The van der Waals surface area contributed by atoms with E-state index in [4.69, 9.17) is 28.3 Å². The molecule has 0 heterocycles. The van der Waals surface area contributed by atoms with Gasteiger partial charge in [0.2, 0.25) is 0 Å². The number of hydrogen-bond donors (Lipinski definition) is 1. The number of phenolic OH excluding ortho intramolecular Hbond substituents is 1. The van der Waals surface area contributed by atoms with E-state index in [0.29, 0.717) is 5.75 Å². The summed E-state index contributed by atoms with van der Waals surface area (Å²) in [4.78, 5) is 0. The molecule has 0 atom stereocenters. The van der Waals surface area contributed by atoms with Gasteiger partial charge in [-0.2, -0.15) is 13.8 Å². The minimum absolute atomic E-state index is 0. The molecule has 0 aliphatic rings. The van der Waals surface area contributed by atoms with Crippen molar-refractivity contribution in [2.45, 2.75) is 13.8 Å². The molecule has 5 aromatic carbocycles. The summed E-state index contributed by atoms with van der Waals surface area (Å²) in [5, 5.41) is 17.7. The summed E-state index contributed by atoms with van der Waals surface area (Å²) in [6.45, 7) is 10.0. The predicted octanol–water partition coefficient (Wildman–Crippen LogP) is 9.71. The van der Waals surface area contributed by atoms with Crippen LogP contribution >= 0.6 is 48.0 Å². The third kappa shape index (κ3) is 9.87.